The molecule has 0 bridgehead atoms. The molecule has 0 fully saturated rings. The second kappa shape index (κ2) is 11.7. The van der Waals surface area contributed by atoms with E-state index < -0.39 is 0 Å². The van der Waals surface area contributed by atoms with E-state index in [4.69, 9.17) is 0 Å². The minimum atomic E-state index is -0.157. The zero-order valence-corrected chi connectivity index (χ0v) is 30.7. The summed E-state index contributed by atoms with van der Waals surface area (Å²) in [5.74, 6) is 0. The molecular formula is C52H41N. The predicted molar refractivity (Wildman–Crippen MR) is 225 cm³/mol. The lowest BCUT2D eigenvalue weighted by Crippen LogP contribution is -2.17. The van der Waals surface area contributed by atoms with Crippen molar-refractivity contribution in [1.82, 2.24) is 0 Å². The molecule has 0 heterocycles. The summed E-state index contributed by atoms with van der Waals surface area (Å²) in [6.07, 6.45) is 0. The van der Waals surface area contributed by atoms with E-state index in [1.54, 1.807) is 0 Å². The molecule has 2 aliphatic rings. The van der Waals surface area contributed by atoms with Crippen LogP contribution in [0.25, 0.3) is 55.3 Å². The number of nitrogens with zero attached hydrogens (tertiary/aromatic N) is 1. The standard InChI is InChI=1S/C52H41N/c1-51(2)43-21-12-10-19-41(43)48-45(51)23-14-24-46(48)53(39-31-29-37(30-32-39)36-27-25-35(26-28-36)34-15-6-5-7-16-34)47-33-38-17-8-9-18-40(38)50-49(47)42-20-11-13-22-44(42)52(50,3)4/h5-33H,1-4H3. The second-order valence-corrected chi connectivity index (χ2v) is 15.7. The molecule has 10 rings (SSSR count). The monoisotopic (exact) mass is 679 g/mol. The molecule has 0 atom stereocenters. The Balaban J connectivity index is 1.22. The Bertz CT molecular complexity index is 2700. The third-order valence-corrected chi connectivity index (χ3v) is 12.0. The fraction of sp³-hybridized carbons (Fsp3) is 0.115. The first-order valence-corrected chi connectivity index (χ1v) is 18.8. The SMILES string of the molecule is CC1(C)c2ccccc2-c2c(N(c3ccc(-c4ccc(-c5ccccc5)cc4)cc3)c3cc4ccccc4c4c3-c3ccccc3C4(C)C)cccc21. The molecule has 2 aliphatic carbocycles. The van der Waals surface area contributed by atoms with Gasteiger partial charge in [0.05, 0.1) is 11.4 Å². The second-order valence-electron chi connectivity index (χ2n) is 15.7. The molecule has 53 heavy (non-hydrogen) atoms. The van der Waals surface area contributed by atoms with E-state index in [2.05, 4.69) is 209 Å². The number of benzene rings is 8. The molecule has 0 amide bonds. The Morgan fingerprint density at radius 3 is 1.57 bits per heavy atom. The van der Waals surface area contributed by atoms with Crippen molar-refractivity contribution in [2.75, 3.05) is 4.90 Å². The Morgan fingerprint density at radius 2 is 0.887 bits per heavy atom. The molecule has 0 aromatic heterocycles. The molecule has 0 saturated heterocycles. The third kappa shape index (κ3) is 4.70. The Kier molecular flexibility index (Phi) is 6.94. The maximum Gasteiger partial charge on any atom is 0.0549 e. The highest BCUT2D eigenvalue weighted by Crippen LogP contribution is 2.59. The average Bonchev–Trinajstić information content (AvgIpc) is 3.59. The van der Waals surface area contributed by atoms with Crippen molar-refractivity contribution in [2.24, 2.45) is 0 Å². The molecule has 254 valence electrons. The van der Waals surface area contributed by atoms with Crippen molar-refractivity contribution in [3.8, 4) is 44.5 Å². The Morgan fingerprint density at radius 1 is 0.377 bits per heavy atom. The Hall–Kier alpha value is -6.18. The van der Waals surface area contributed by atoms with E-state index in [-0.39, 0.29) is 10.8 Å². The zero-order valence-electron chi connectivity index (χ0n) is 30.7. The van der Waals surface area contributed by atoms with Crippen molar-refractivity contribution >= 4 is 27.8 Å². The number of rotatable bonds is 5. The molecule has 0 radical (unpaired) electrons. The fourth-order valence-corrected chi connectivity index (χ4v) is 9.43. The molecule has 8 aromatic rings. The van der Waals surface area contributed by atoms with Gasteiger partial charge in [0.15, 0.2) is 0 Å². The minimum absolute atomic E-state index is 0.108. The van der Waals surface area contributed by atoms with Gasteiger partial charge in [0, 0.05) is 27.6 Å². The van der Waals surface area contributed by atoms with Crippen LogP contribution in [-0.2, 0) is 10.8 Å². The largest absolute Gasteiger partial charge is 0.309 e. The first-order valence-electron chi connectivity index (χ1n) is 18.8. The van der Waals surface area contributed by atoms with Crippen LogP contribution < -0.4 is 4.90 Å². The van der Waals surface area contributed by atoms with Crippen molar-refractivity contribution in [3.63, 3.8) is 0 Å². The van der Waals surface area contributed by atoms with Gasteiger partial charge in [-0.3, -0.25) is 0 Å². The van der Waals surface area contributed by atoms with Crippen molar-refractivity contribution in [3.05, 3.63) is 198 Å². The fourth-order valence-electron chi connectivity index (χ4n) is 9.43. The molecule has 1 heteroatoms. The van der Waals surface area contributed by atoms with Crippen LogP contribution in [0, 0.1) is 0 Å². The summed E-state index contributed by atoms with van der Waals surface area (Å²) in [4.78, 5) is 2.56. The highest BCUT2D eigenvalue weighted by molar-refractivity contribution is 6.07. The van der Waals surface area contributed by atoms with Gasteiger partial charge in [-0.1, -0.05) is 179 Å². The van der Waals surface area contributed by atoms with Gasteiger partial charge < -0.3 is 4.90 Å². The van der Waals surface area contributed by atoms with Gasteiger partial charge in [0.1, 0.15) is 0 Å². The maximum absolute atomic E-state index is 2.56. The molecular weight excluding hydrogens is 639 g/mol. The lowest BCUT2D eigenvalue weighted by molar-refractivity contribution is 0.660. The molecule has 0 N–H and O–H groups in total. The van der Waals surface area contributed by atoms with Crippen LogP contribution in [0.15, 0.2) is 176 Å². The summed E-state index contributed by atoms with van der Waals surface area (Å²) >= 11 is 0. The smallest absolute Gasteiger partial charge is 0.0549 e. The van der Waals surface area contributed by atoms with Crippen LogP contribution in [0.3, 0.4) is 0 Å². The highest BCUT2D eigenvalue weighted by atomic mass is 15.1. The van der Waals surface area contributed by atoms with Gasteiger partial charge in [0.2, 0.25) is 0 Å². The van der Waals surface area contributed by atoms with E-state index in [9.17, 15) is 0 Å². The highest BCUT2D eigenvalue weighted by Gasteiger charge is 2.41. The number of hydrogen-bond acceptors (Lipinski definition) is 1. The number of hydrogen-bond donors (Lipinski definition) is 0. The van der Waals surface area contributed by atoms with Crippen LogP contribution >= 0.6 is 0 Å². The van der Waals surface area contributed by atoms with Crippen LogP contribution in [-0.4, -0.2) is 0 Å². The van der Waals surface area contributed by atoms with Gasteiger partial charge >= 0.3 is 0 Å². The van der Waals surface area contributed by atoms with Crippen molar-refractivity contribution < 1.29 is 0 Å². The van der Waals surface area contributed by atoms with E-state index in [0.29, 0.717) is 0 Å². The first kappa shape index (κ1) is 31.5. The van der Waals surface area contributed by atoms with E-state index in [1.165, 1.54) is 88.9 Å². The van der Waals surface area contributed by atoms with Crippen LogP contribution in [0.2, 0.25) is 0 Å². The van der Waals surface area contributed by atoms with Crippen LogP contribution in [0.5, 0.6) is 0 Å². The van der Waals surface area contributed by atoms with E-state index in [0.717, 1.165) is 5.69 Å². The normalized spacial score (nSPS) is 14.3. The minimum Gasteiger partial charge on any atom is -0.309 e. The van der Waals surface area contributed by atoms with Crippen molar-refractivity contribution in [1.29, 1.82) is 0 Å². The van der Waals surface area contributed by atoms with Crippen molar-refractivity contribution in [2.45, 2.75) is 38.5 Å². The van der Waals surface area contributed by atoms with Gasteiger partial charge in [0.25, 0.3) is 0 Å². The predicted octanol–water partition coefficient (Wildman–Crippen LogP) is 14.3. The quantitative estimate of drug-likeness (QED) is 0.175. The van der Waals surface area contributed by atoms with Gasteiger partial charge in [-0.15, -0.1) is 0 Å². The van der Waals surface area contributed by atoms with Gasteiger partial charge in [-0.05, 0) is 90.7 Å². The molecule has 0 saturated carbocycles. The third-order valence-electron chi connectivity index (χ3n) is 12.0. The van der Waals surface area contributed by atoms with Gasteiger partial charge in [-0.2, -0.15) is 0 Å². The lowest BCUT2D eigenvalue weighted by Gasteiger charge is -2.32. The first-order chi connectivity index (χ1) is 25.8. The Labute approximate surface area is 312 Å². The summed E-state index contributed by atoms with van der Waals surface area (Å²) in [5, 5.41) is 2.59. The maximum atomic E-state index is 2.56. The van der Waals surface area contributed by atoms with Crippen LogP contribution in [0.1, 0.15) is 49.9 Å². The van der Waals surface area contributed by atoms with E-state index >= 15 is 0 Å². The summed E-state index contributed by atoms with van der Waals surface area (Å²) in [7, 11) is 0. The summed E-state index contributed by atoms with van der Waals surface area (Å²) in [6, 6.07) is 65.2. The number of fused-ring (bicyclic) bond motifs is 8. The molecule has 0 aliphatic heterocycles. The molecule has 0 spiro atoms. The molecule has 8 aromatic carbocycles. The van der Waals surface area contributed by atoms with Gasteiger partial charge in [-0.25, -0.2) is 0 Å². The lowest BCUT2D eigenvalue weighted by atomic mass is 9.80. The molecule has 0 unspecified atom stereocenters. The zero-order chi connectivity index (χ0) is 35.9. The average molecular weight is 680 g/mol. The molecule has 1 nitrogen and oxygen atoms in total. The summed E-state index contributed by atoms with van der Waals surface area (Å²) in [5.41, 5.74) is 19.0. The topological polar surface area (TPSA) is 3.24 Å². The summed E-state index contributed by atoms with van der Waals surface area (Å²) in [6.45, 7) is 9.54. The number of anilines is 3. The summed E-state index contributed by atoms with van der Waals surface area (Å²) < 4.78 is 0. The van der Waals surface area contributed by atoms with E-state index in [1.807, 2.05) is 0 Å². The van der Waals surface area contributed by atoms with Crippen LogP contribution in [0.4, 0.5) is 17.1 Å².